The summed E-state index contributed by atoms with van der Waals surface area (Å²) in [7, 11) is 0. The lowest BCUT2D eigenvalue weighted by molar-refractivity contribution is -0.113. The van der Waals surface area contributed by atoms with Gasteiger partial charge in [0, 0.05) is 23.9 Å². The smallest absolute Gasteiger partial charge is 0.325 e. The normalized spacial score (nSPS) is 11.0. The molecule has 180 valence electrons. The van der Waals surface area contributed by atoms with Gasteiger partial charge in [-0.3, -0.25) is 19.1 Å². The number of carbonyl (C=O) groups is 1. The maximum absolute atomic E-state index is 12.7. The van der Waals surface area contributed by atoms with E-state index >= 15 is 0 Å². The number of rotatable bonds is 7. The molecule has 0 aliphatic carbocycles. The van der Waals surface area contributed by atoms with Gasteiger partial charge in [0.05, 0.1) is 11.4 Å². The molecule has 0 bridgehead atoms. The molecule has 0 aliphatic rings. The topological polar surface area (TPSA) is 126 Å². The SMILES string of the molecule is Cc1ccc(C)c(NC(=O)CSc2nnc(Cc3cc(=O)[nH]c(=O)[nH]3)n2-c2cc(C)ccc2C)c1. The summed E-state index contributed by atoms with van der Waals surface area (Å²) in [4.78, 5) is 41.0. The van der Waals surface area contributed by atoms with Crippen molar-refractivity contribution in [2.45, 2.75) is 39.3 Å². The molecular formula is C25H26N6O3S. The molecule has 0 fully saturated rings. The highest BCUT2D eigenvalue weighted by Gasteiger charge is 2.19. The minimum Gasteiger partial charge on any atom is -0.325 e. The van der Waals surface area contributed by atoms with Crippen molar-refractivity contribution in [3.8, 4) is 5.69 Å². The number of thioether (sulfide) groups is 1. The highest BCUT2D eigenvalue weighted by Crippen LogP contribution is 2.26. The third-order valence-corrected chi connectivity index (χ3v) is 6.40. The van der Waals surface area contributed by atoms with Gasteiger partial charge in [0.25, 0.3) is 5.56 Å². The van der Waals surface area contributed by atoms with E-state index in [0.717, 1.165) is 33.6 Å². The summed E-state index contributed by atoms with van der Waals surface area (Å²) in [5, 5.41) is 12.2. The van der Waals surface area contributed by atoms with Crippen LogP contribution in [0.4, 0.5) is 5.69 Å². The lowest BCUT2D eigenvalue weighted by Crippen LogP contribution is -2.23. The van der Waals surface area contributed by atoms with E-state index in [4.69, 9.17) is 0 Å². The second-order valence-electron chi connectivity index (χ2n) is 8.47. The zero-order chi connectivity index (χ0) is 25.1. The molecule has 0 aliphatic heterocycles. The summed E-state index contributed by atoms with van der Waals surface area (Å²) in [6.07, 6.45) is 0.189. The quantitative estimate of drug-likeness (QED) is 0.342. The number of nitrogens with zero attached hydrogens (tertiary/aromatic N) is 3. The Morgan fingerprint density at radius 1 is 0.943 bits per heavy atom. The summed E-state index contributed by atoms with van der Waals surface area (Å²) >= 11 is 1.27. The van der Waals surface area contributed by atoms with Gasteiger partial charge in [-0.15, -0.1) is 10.2 Å². The van der Waals surface area contributed by atoms with Crippen molar-refractivity contribution in [1.82, 2.24) is 24.7 Å². The molecule has 10 heteroatoms. The van der Waals surface area contributed by atoms with Gasteiger partial charge in [0.2, 0.25) is 5.91 Å². The zero-order valence-electron chi connectivity index (χ0n) is 19.9. The van der Waals surface area contributed by atoms with Crippen molar-refractivity contribution in [2.24, 2.45) is 0 Å². The number of anilines is 1. The van der Waals surface area contributed by atoms with Crippen LogP contribution < -0.4 is 16.6 Å². The number of nitrogens with one attached hydrogen (secondary N) is 3. The fourth-order valence-corrected chi connectivity index (χ4v) is 4.45. The van der Waals surface area contributed by atoms with Crippen LogP contribution in [0.2, 0.25) is 0 Å². The van der Waals surface area contributed by atoms with E-state index in [9.17, 15) is 14.4 Å². The largest absolute Gasteiger partial charge is 0.325 e. The number of aromatic amines is 2. The molecule has 0 saturated heterocycles. The molecule has 9 nitrogen and oxygen atoms in total. The predicted octanol–water partition coefficient (Wildman–Crippen LogP) is 3.20. The van der Waals surface area contributed by atoms with Gasteiger partial charge in [0.1, 0.15) is 5.82 Å². The van der Waals surface area contributed by atoms with Crippen LogP contribution >= 0.6 is 11.8 Å². The first-order valence-electron chi connectivity index (χ1n) is 11.0. The standard InChI is InChI=1S/C25H26N6O3S/c1-14-5-7-16(3)19(9-14)27-23(33)13-35-25-30-29-21(11-18-12-22(32)28-24(34)26-18)31(25)20-10-15(2)6-8-17(20)4/h5-10,12H,11,13H2,1-4H3,(H,27,33)(H2,26,28,32,34). The van der Waals surface area contributed by atoms with E-state index in [1.807, 2.05) is 68.7 Å². The molecule has 2 heterocycles. The van der Waals surface area contributed by atoms with Crippen molar-refractivity contribution >= 4 is 23.4 Å². The summed E-state index contributed by atoms with van der Waals surface area (Å²) in [5.41, 5.74) is 5.11. The Morgan fingerprint density at radius 3 is 2.40 bits per heavy atom. The lowest BCUT2D eigenvalue weighted by Gasteiger charge is -2.14. The molecule has 0 spiro atoms. The molecule has 1 amide bonds. The van der Waals surface area contributed by atoms with Crippen molar-refractivity contribution in [1.29, 1.82) is 0 Å². The van der Waals surface area contributed by atoms with E-state index in [-0.39, 0.29) is 18.1 Å². The van der Waals surface area contributed by atoms with E-state index in [1.54, 1.807) is 0 Å². The van der Waals surface area contributed by atoms with E-state index < -0.39 is 11.2 Å². The van der Waals surface area contributed by atoms with E-state index in [2.05, 4.69) is 25.5 Å². The van der Waals surface area contributed by atoms with Gasteiger partial charge in [-0.1, -0.05) is 36.0 Å². The fourth-order valence-electron chi connectivity index (χ4n) is 3.68. The van der Waals surface area contributed by atoms with Crippen LogP contribution in [0.3, 0.4) is 0 Å². The molecule has 2 aromatic carbocycles. The van der Waals surface area contributed by atoms with Gasteiger partial charge in [-0.2, -0.15) is 0 Å². The monoisotopic (exact) mass is 490 g/mol. The van der Waals surface area contributed by atoms with Crippen LogP contribution in [-0.2, 0) is 11.2 Å². The van der Waals surface area contributed by atoms with Gasteiger partial charge in [0.15, 0.2) is 5.16 Å². The Bertz CT molecular complexity index is 1490. The van der Waals surface area contributed by atoms with Crippen molar-refractivity contribution in [2.75, 3.05) is 11.1 Å². The maximum atomic E-state index is 12.7. The summed E-state index contributed by atoms with van der Waals surface area (Å²) in [6, 6.07) is 13.3. The average molecular weight is 491 g/mol. The molecule has 0 radical (unpaired) electrons. The first kappa shape index (κ1) is 24.2. The fraction of sp³-hybridized carbons (Fsp3) is 0.240. The number of carbonyl (C=O) groups excluding carboxylic acids is 1. The molecule has 0 atom stereocenters. The van der Waals surface area contributed by atoms with Crippen LogP contribution in [0.25, 0.3) is 5.69 Å². The van der Waals surface area contributed by atoms with Crippen LogP contribution in [0.5, 0.6) is 0 Å². The number of amides is 1. The van der Waals surface area contributed by atoms with Crippen molar-refractivity contribution in [3.63, 3.8) is 0 Å². The van der Waals surface area contributed by atoms with Crippen LogP contribution in [0.15, 0.2) is 57.2 Å². The average Bonchev–Trinajstić information content (AvgIpc) is 3.18. The first-order valence-corrected chi connectivity index (χ1v) is 12.0. The Kier molecular flexibility index (Phi) is 7.02. The van der Waals surface area contributed by atoms with Gasteiger partial charge in [-0.25, -0.2) is 4.79 Å². The summed E-state index contributed by atoms with van der Waals surface area (Å²) < 4.78 is 1.87. The number of H-pyrrole nitrogens is 2. The molecule has 0 unspecified atom stereocenters. The Balaban J connectivity index is 1.64. The van der Waals surface area contributed by atoms with Crippen LogP contribution in [0.1, 0.15) is 33.8 Å². The van der Waals surface area contributed by atoms with Gasteiger partial charge >= 0.3 is 5.69 Å². The van der Waals surface area contributed by atoms with Crippen molar-refractivity contribution in [3.05, 3.63) is 97.1 Å². The third kappa shape index (κ3) is 5.78. The number of benzene rings is 2. The first-order chi connectivity index (χ1) is 16.7. The molecule has 35 heavy (non-hydrogen) atoms. The molecule has 3 N–H and O–H groups in total. The van der Waals surface area contributed by atoms with Crippen molar-refractivity contribution < 1.29 is 4.79 Å². The number of aryl methyl sites for hydroxylation is 4. The minimum atomic E-state index is -0.581. The summed E-state index contributed by atoms with van der Waals surface area (Å²) in [6.45, 7) is 7.90. The van der Waals surface area contributed by atoms with Crippen LogP contribution in [0, 0.1) is 27.7 Å². The zero-order valence-corrected chi connectivity index (χ0v) is 20.7. The minimum absolute atomic E-state index is 0.137. The van der Waals surface area contributed by atoms with Gasteiger partial charge < -0.3 is 10.3 Å². The molecular weight excluding hydrogens is 464 g/mol. The highest BCUT2D eigenvalue weighted by molar-refractivity contribution is 7.99. The third-order valence-electron chi connectivity index (χ3n) is 5.47. The van der Waals surface area contributed by atoms with E-state index in [1.165, 1.54) is 17.8 Å². The number of hydrogen-bond acceptors (Lipinski definition) is 6. The van der Waals surface area contributed by atoms with E-state index in [0.29, 0.717) is 16.7 Å². The predicted molar refractivity (Wildman–Crippen MR) is 137 cm³/mol. The second kappa shape index (κ2) is 10.1. The van der Waals surface area contributed by atoms with Gasteiger partial charge in [-0.05, 0) is 62.1 Å². The molecule has 2 aromatic heterocycles. The molecule has 4 rings (SSSR count). The number of hydrogen-bond donors (Lipinski definition) is 3. The molecule has 4 aromatic rings. The highest BCUT2D eigenvalue weighted by atomic mass is 32.2. The molecule has 0 saturated carbocycles. The Morgan fingerprint density at radius 2 is 1.66 bits per heavy atom. The Hall–Kier alpha value is -3.92. The second-order valence-corrected chi connectivity index (χ2v) is 9.41. The Labute approximate surface area is 206 Å². The summed E-state index contributed by atoms with van der Waals surface area (Å²) in [5.74, 6) is 0.523. The maximum Gasteiger partial charge on any atom is 0.325 e. The number of aromatic nitrogens is 5. The lowest BCUT2D eigenvalue weighted by atomic mass is 10.1. The van der Waals surface area contributed by atoms with Crippen LogP contribution in [-0.4, -0.2) is 36.4 Å².